The smallest absolute Gasteiger partial charge is 0.255 e. The van der Waals surface area contributed by atoms with Gasteiger partial charge in [0.2, 0.25) is 0 Å². The van der Waals surface area contributed by atoms with Gasteiger partial charge in [0, 0.05) is 35.2 Å². The number of hydrogen-bond donors (Lipinski definition) is 3. The zero-order chi connectivity index (χ0) is 26.9. The van der Waals surface area contributed by atoms with Gasteiger partial charge in [-0.05, 0) is 62.2 Å². The van der Waals surface area contributed by atoms with Crippen molar-refractivity contribution in [2.45, 2.75) is 31.8 Å². The van der Waals surface area contributed by atoms with Crippen LogP contribution in [0, 0.1) is 0 Å². The number of imidazole rings is 1. The number of anilines is 2. The van der Waals surface area contributed by atoms with Crippen molar-refractivity contribution in [1.82, 2.24) is 24.8 Å². The van der Waals surface area contributed by atoms with E-state index in [0.29, 0.717) is 40.0 Å². The van der Waals surface area contributed by atoms with Gasteiger partial charge >= 0.3 is 0 Å². The monoisotopic (exact) mass is 559 g/mol. The van der Waals surface area contributed by atoms with E-state index in [-0.39, 0.29) is 18.0 Å². The molecule has 2 atom stereocenters. The third-order valence-corrected chi connectivity index (χ3v) is 7.68. The van der Waals surface area contributed by atoms with E-state index in [0.717, 1.165) is 40.8 Å². The number of likely N-dealkylation sites (tertiary alicyclic amines) is 1. The van der Waals surface area contributed by atoms with Crippen LogP contribution in [0.3, 0.4) is 0 Å². The van der Waals surface area contributed by atoms with Crippen LogP contribution in [-0.4, -0.2) is 49.9 Å². The molecule has 10 heteroatoms. The first kappa shape index (κ1) is 25.4. The van der Waals surface area contributed by atoms with E-state index >= 15 is 0 Å². The van der Waals surface area contributed by atoms with E-state index in [1.54, 1.807) is 12.1 Å². The molecule has 0 saturated carbocycles. The van der Waals surface area contributed by atoms with E-state index in [1.807, 2.05) is 60.4 Å². The van der Waals surface area contributed by atoms with Crippen LogP contribution in [0.25, 0.3) is 21.9 Å². The number of benzene rings is 3. The molecule has 3 N–H and O–H groups in total. The number of hydrogen-bond acceptors (Lipinski definition) is 6. The number of rotatable bonds is 7. The van der Waals surface area contributed by atoms with Crippen molar-refractivity contribution in [3.8, 4) is 0 Å². The van der Waals surface area contributed by atoms with Crippen LogP contribution in [0.5, 0.6) is 0 Å². The summed E-state index contributed by atoms with van der Waals surface area (Å²) in [7, 11) is 0. The van der Waals surface area contributed by atoms with E-state index in [4.69, 9.17) is 23.2 Å². The van der Waals surface area contributed by atoms with Crippen molar-refractivity contribution in [3.05, 3.63) is 88.4 Å². The highest BCUT2D eigenvalue weighted by Crippen LogP contribution is 2.31. The molecule has 1 aliphatic rings. The van der Waals surface area contributed by atoms with Crippen LogP contribution >= 0.6 is 23.2 Å². The third kappa shape index (κ3) is 5.22. The summed E-state index contributed by atoms with van der Waals surface area (Å²) in [5, 5.41) is 8.60. The number of aromatic nitrogens is 4. The molecule has 3 heterocycles. The zero-order valence-corrected chi connectivity index (χ0v) is 22.8. The number of amides is 1. The number of H-pyrrole nitrogens is 1. The fourth-order valence-electron chi connectivity index (χ4n) is 5.10. The Hall–Kier alpha value is -3.88. The third-order valence-electron chi connectivity index (χ3n) is 7.13. The number of fused-ring (bicyclic) bond motifs is 2. The van der Waals surface area contributed by atoms with E-state index in [9.17, 15) is 4.79 Å². The molecule has 0 unspecified atom stereocenters. The lowest BCUT2D eigenvalue weighted by molar-refractivity contribution is 0.0744. The van der Waals surface area contributed by atoms with Gasteiger partial charge in [-0.25, -0.2) is 15.0 Å². The Morgan fingerprint density at radius 2 is 1.95 bits per heavy atom. The largest absolute Gasteiger partial charge is 0.383 e. The molecule has 1 amide bonds. The summed E-state index contributed by atoms with van der Waals surface area (Å²) in [5.41, 5.74) is 3.83. The zero-order valence-electron chi connectivity index (χ0n) is 21.3. The molecule has 1 aliphatic heterocycles. The number of carbonyl (C=O) groups is 1. The molecule has 0 bridgehead atoms. The average Bonchev–Trinajstić information content (AvgIpc) is 3.59. The molecular formula is C29H27Cl2N7O. The van der Waals surface area contributed by atoms with Gasteiger partial charge in [-0.1, -0.05) is 41.4 Å². The Morgan fingerprint density at radius 1 is 1.10 bits per heavy atom. The van der Waals surface area contributed by atoms with Gasteiger partial charge in [0.15, 0.2) is 0 Å². The number of nitrogens with zero attached hydrogens (tertiary/aromatic N) is 4. The predicted molar refractivity (Wildman–Crippen MR) is 157 cm³/mol. The van der Waals surface area contributed by atoms with Crippen molar-refractivity contribution < 1.29 is 4.79 Å². The standard InChI is InChI=1S/C29H27Cl2N7O/c1-17(27-36-24-10-9-18(30)12-26(24)37-27)35-28-22-13-23(31)21(14-25(22)33-16-34-28)29(39)38-11-5-8-20(38)15-32-19-6-3-2-4-7-19/h2-4,6-7,9-10,12-14,16-17,20,32H,5,8,11,15H2,1H3,(H,36,37)(H,33,34,35)/t17-,20+/m1/s1. The molecule has 1 saturated heterocycles. The maximum absolute atomic E-state index is 13.6. The van der Waals surface area contributed by atoms with Crippen molar-refractivity contribution in [2.24, 2.45) is 0 Å². The summed E-state index contributed by atoms with van der Waals surface area (Å²) in [6, 6.07) is 19.0. The van der Waals surface area contributed by atoms with Crippen LogP contribution in [-0.2, 0) is 0 Å². The van der Waals surface area contributed by atoms with Gasteiger partial charge in [0.25, 0.3) is 5.91 Å². The minimum atomic E-state index is -0.183. The van der Waals surface area contributed by atoms with Gasteiger partial charge in [-0.3, -0.25) is 4.79 Å². The maximum atomic E-state index is 13.6. The van der Waals surface area contributed by atoms with Crippen molar-refractivity contribution in [2.75, 3.05) is 23.7 Å². The normalized spacial score (nSPS) is 16.1. The van der Waals surface area contributed by atoms with Crippen LogP contribution in [0.4, 0.5) is 11.5 Å². The van der Waals surface area contributed by atoms with E-state index < -0.39 is 0 Å². The van der Waals surface area contributed by atoms with Gasteiger partial charge in [-0.15, -0.1) is 0 Å². The molecule has 0 aliphatic carbocycles. The number of para-hydroxylation sites is 1. The summed E-state index contributed by atoms with van der Waals surface area (Å²) in [5.74, 6) is 1.28. The Kier molecular flexibility index (Phi) is 6.97. The summed E-state index contributed by atoms with van der Waals surface area (Å²) >= 11 is 12.8. The molecule has 6 rings (SSSR count). The summed E-state index contributed by atoms with van der Waals surface area (Å²) < 4.78 is 0. The SMILES string of the molecule is C[C@@H](Nc1ncnc2cc(C(=O)N3CCC[C@H]3CNc3ccccc3)c(Cl)cc12)c1nc2ccc(Cl)cc2[nH]1. The molecule has 8 nitrogen and oxygen atoms in total. The van der Waals surface area contributed by atoms with Gasteiger partial charge < -0.3 is 20.5 Å². The van der Waals surface area contributed by atoms with Crippen LogP contribution in [0.2, 0.25) is 10.0 Å². The van der Waals surface area contributed by atoms with Gasteiger partial charge in [0.1, 0.15) is 18.0 Å². The second-order valence-corrected chi connectivity index (χ2v) is 10.6. The lowest BCUT2D eigenvalue weighted by Gasteiger charge is -2.26. The highest BCUT2D eigenvalue weighted by atomic mass is 35.5. The molecule has 3 aromatic carbocycles. The lowest BCUT2D eigenvalue weighted by Crippen LogP contribution is -2.39. The van der Waals surface area contributed by atoms with Gasteiger partial charge in [0.05, 0.1) is 33.2 Å². The number of nitrogens with one attached hydrogen (secondary N) is 3. The van der Waals surface area contributed by atoms with Crippen LogP contribution in [0.1, 0.15) is 42.0 Å². The first-order chi connectivity index (χ1) is 19.0. The van der Waals surface area contributed by atoms with Crippen molar-refractivity contribution in [3.63, 3.8) is 0 Å². The van der Waals surface area contributed by atoms with E-state index in [1.165, 1.54) is 6.33 Å². The molecule has 198 valence electrons. The van der Waals surface area contributed by atoms with Crippen LogP contribution in [0.15, 0.2) is 67.0 Å². The average molecular weight is 560 g/mol. The molecule has 0 spiro atoms. The number of carbonyl (C=O) groups excluding carboxylic acids is 1. The highest BCUT2D eigenvalue weighted by molar-refractivity contribution is 6.35. The van der Waals surface area contributed by atoms with Crippen LogP contribution < -0.4 is 10.6 Å². The van der Waals surface area contributed by atoms with Crippen molar-refractivity contribution >= 4 is 62.6 Å². The highest BCUT2D eigenvalue weighted by Gasteiger charge is 2.30. The van der Waals surface area contributed by atoms with Gasteiger partial charge in [-0.2, -0.15) is 0 Å². The first-order valence-corrected chi connectivity index (χ1v) is 13.7. The molecular weight excluding hydrogens is 533 g/mol. The van der Waals surface area contributed by atoms with Crippen molar-refractivity contribution in [1.29, 1.82) is 0 Å². The molecule has 1 fully saturated rings. The predicted octanol–water partition coefficient (Wildman–Crippen LogP) is 6.70. The Morgan fingerprint density at radius 3 is 2.79 bits per heavy atom. The number of aromatic amines is 1. The fraction of sp³-hybridized carbons (Fsp3) is 0.241. The fourth-order valence-corrected chi connectivity index (χ4v) is 5.51. The molecule has 2 aromatic heterocycles. The summed E-state index contributed by atoms with van der Waals surface area (Å²) in [6.07, 6.45) is 3.39. The molecule has 0 radical (unpaired) electrons. The quantitative estimate of drug-likeness (QED) is 0.205. The maximum Gasteiger partial charge on any atom is 0.255 e. The summed E-state index contributed by atoms with van der Waals surface area (Å²) in [6.45, 7) is 3.37. The Labute approximate surface area is 235 Å². The Bertz CT molecular complexity index is 1660. The topological polar surface area (TPSA) is 98.8 Å². The molecule has 5 aromatic rings. The summed E-state index contributed by atoms with van der Waals surface area (Å²) in [4.78, 5) is 32.4. The second-order valence-electron chi connectivity index (χ2n) is 9.76. The van der Waals surface area contributed by atoms with E-state index in [2.05, 4.69) is 30.6 Å². The first-order valence-electron chi connectivity index (χ1n) is 12.9. The second kappa shape index (κ2) is 10.7. The lowest BCUT2D eigenvalue weighted by atomic mass is 10.1. The minimum absolute atomic E-state index is 0.0818. The Balaban J connectivity index is 1.22. The number of halogens is 2. The molecule has 39 heavy (non-hydrogen) atoms. The minimum Gasteiger partial charge on any atom is -0.383 e.